The largest absolute Gasteiger partial charge is 0.376 e. The van der Waals surface area contributed by atoms with Crippen molar-refractivity contribution in [3.63, 3.8) is 0 Å². The minimum absolute atomic E-state index is 0.426. The Balaban J connectivity index is 1.29. The summed E-state index contributed by atoms with van der Waals surface area (Å²) in [5.74, 6) is 2.22. The minimum Gasteiger partial charge on any atom is -0.376 e. The highest BCUT2D eigenvalue weighted by Crippen LogP contribution is 2.36. The molecule has 0 bridgehead atoms. The maximum Gasteiger partial charge on any atom is 0.0952 e. The van der Waals surface area contributed by atoms with Gasteiger partial charge in [-0.05, 0) is 49.1 Å². The molecular weight excluding hydrogens is 324 g/mol. The van der Waals surface area contributed by atoms with E-state index in [1.54, 1.807) is 0 Å². The lowest BCUT2D eigenvalue weighted by molar-refractivity contribution is 0.0831. The molecule has 5 nitrogen and oxygen atoms in total. The Morgan fingerprint density at radius 1 is 1.12 bits per heavy atom. The zero-order valence-corrected chi connectivity index (χ0v) is 15.4. The molecule has 0 N–H and O–H groups in total. The van der Waals surface area contributed by atoms with Crippen LogP contribution in [0.3, 0.4) is 0 Å². The Kier molecular flexibility index (Phi) is 4.51. The number of rotatable bonds is 8. The van der Waals surface area contributed by atoms with Gasteiger partial charge in [-0.15, -0.1) is 0 Å². The highest BCUT2D eigenvalue weighted by atomic mass is 16.5. The fourth-order valence-corrected chi connectivity index (χ4v) is 4.16. The van der Waals surface area contributed by atoms with Crippen LogP contribution < -0.4 is 0 Å². The number of nitrogens with zero attached hydrogens (tertiary/aromatic N) is 4. The molecule has 2 aliphatic carbocycles. The fraction of sp³-hybridized carbons (Fsp3) is 0.619. The molecule has 2 aromatic rings. The lowest BCUT2D eigenvalue weighted by Crippen LogP contribution is -2.37. The molecule has 0 unspecified atom stereocenters. The van der Waals surface area contributed by atoms with E-state index in [9.17, 15) is 0 Å². The van der Waals surface area contributed by atoms with Crippen LogP contribution >= 0.6 is 0 Å². The number of fused-ring (bicyclic) bond motifs is 1. The van der Waals surface area contributed by atoms with Crippen molar-refractivity contribution in [2.45, 2.75) is 51.3 Å². The average Bonchev–Trinajstić information content (AvgIpc) is 3.57. The molecule has 3 aliphatic rings. The van der Waals surface area contributed by atoms with Gasteiger partial charge in [0.1, 0.15) is 0 Å². The summed E-state index contributed by atoms with van der Waals surface area (Å²) in [4.78, 5) is 11.6. The molecule has 0 radical (unpaired) electrons. The van der Waals surface area contributed by atoms with Gasteiger partial charge >= 0.3 is 0 Å². The van der Waals surface area contributed by atoms with Gasteiger partial charge in [0.25, 0.3) is 0 Å². The van der Waals surface area contributed by atoms with Gasteiger partial charge in [0.2, 0.25) is 0 Å². The predicted octanol–water partition coefficient (Wildman–Crippen LogP) is 3.21. The third-order valence-corrected chi connectivity index (χ3v) is 5.87. The van der Waals surface area contributed by atoms with Gasteiger partial charge in [-0.3, -0.25) is 9.88 Å². The van der Waals surface area contributed by atoms with Gasteiger partial charge < -0.3 is 9.30 Å². The highest BCUT2D eigenvalue weighted by molar-refractivity contribution is 5.22. The quantitative estimate of drug-likeness (QED) is 0.732. The second kappa shape index (κ2) is 7.12. The molecule has 1 atom stereocenters. The van der Waals surface area contributed by atoms with Crippen LogP contribution in [-0.4, -0.2) is 39.1 Å². The van der Waals surface area contributed by atoms with Crippen LogP contribution in [0.15, 0.2) is 30.9 Å². The maximum atomic E-state index is 6.12. The van der Waals surface area contributed by atoms with E-state index >= 15 is 0 Å². The molecule has 0 spiro atoms. The van der Waals surface area contributed by atoms with Crippen molar-refractivity contribution in [1.82, 2.24) is 19.4 Å². The summed E-state index contributed by atoms with van der Waals surface area (Å²) in [5, 5.41) is 0. The second-order valence-electron chi connectivity index (χ2n) is 8.38. The summed E-state index contributed by atoms with van der Waals surface area (Å²) >= 11 is 0. The minimum atomic E-state index is 0.426. The second-order valence-corrected chi connectivity index (χ2v) is 8.38. The molecule has 138 valence electrons. The van der Waals surface area contributed by atoms with E-state index in [-0.39, 0.29) is 0 Å². The van der Waals surface area contributed by atoms with Crippen LogP contribution in [0.5, 0.6) is 0 Å². The molecule has 2 saturated carbocycles. The van der Waals surface area contributed by atoms with Crippen LogP contribution in [0, 0.1) is 11.8 Å². The maximum absolute atomic E-state index is 6.12. The molecule has 26 heavy (non-hydrogen) atoms. The van der Waals surface area contributed by atoms with E-state index in [0.29, 0.717) is 12.5 Å². The highest BCUT2D eigenvalue weighted by Gasteiger charge is 2.34. The SMILES string of the molecule is c1cncc(COC[C@@H]2CN(CC3CC3)Cc3ncn(CC4CC4)c32)c1. The molecule has 0 saturated heterocycles. The average molecular weight is 352 g/mol. The number of imidazole rings is 1. The van der Waals surface area contributed by atoms with Crippen LogP contribution in [0.2, 0.25) is 0 Å². The molecule has 5 heteroatoms. The van der Waals surface area contributed by atoms with Crippen molar-refractivity contribution in [3.05, 3.63) is 47.8 Å². The first-order valence-corrected chi connectivity index (χ1v) is 10.1. The van der Waals surface area contributed by atoms with Crippen LogP contribution in [0.1, 0.15) is 48.6 Å². The smallest absolute Gasteiger partial charge is 0.0952 e. The van der Waals surface area contributed by atoms with Gasteiger partial charge in [0.15, 0.2) is 0 Å². The van der Waals surface area contributed by atoms with E-state index in [1.807, 2.05) is 18.5 Å². The first kappa shape index (κ1) is 16.5. The molecule has 0 aromatic carbocycles. The molecule has 2 fully saturated rings. The summed E-state index contributed by atoms with van der Waals surface area (Å²) in [5.41, 5.74) is 3.87. The molecule has 1 aliphatic heterocycles. The summed E-state index contributed by atoms with van der Waals surface area (Å²) in [7, 11) is 0. The van der Waals surface area contributed by atoms with Crippen LogP contribution in [-0.2, 0) is 24.4 Å². The van der Waals surface area contributed by atoms with Crippen molar-refractivity contribution < 1.29 is 4.74 Å². The number of pyridine rings is 1. The molecule has 5 rings (SSSR count). The van der Waals surface area contributed by atoms with E-state index in [4.69, 9.17) is 9.72 Å². The normalized spacial score (nSPS) is 23.2. The fourth-order valence-electron chi connectivity index (χ4n) is 4.16. The van der Waals surface area contributed by atoms with Crippen molar-refractivity contribution in [2.24, 2.45) is 11.8 Å². The van der Waals surface area contributed by atoms with E-state index in [0.717, 1.165) is 43.6 Å². The van der Waals surface area contributed by atoms with Crippen molar-refractivity contribution >= 4 is 0 Å². The topological polar surface area (TPSA) is 43.2 Å². The summed E-state index contributed by atoms with van der Waals surface area (Å²) in [6.45, 7) is 5.89. The standard InChI is InChI=1S/C21H28N4O/c1-2-18(8-22-7-1)13-26-14-19-11-24(9-16-3-4-16)12-20-21(19)25(15-23-20)10-17-5-6-17/h1-2,7-8,15-17,19H,3-6,9-14H2/t19-/m0/s1. The van der Waals surface area contributed by atoms with Crippen LogP contribution in [0.4, 0.5) is 0 Å². The van der Waals surface area contributed by atoms with Crippen molar-refractivity contribution in [3.8, 4) is 0 Å². The molecule has 3 heterocycles. The molecule has 0 amide bonds. The monoisotopic (exact) mass is 352 g/mol. The summed E-state index contributed by atoms with van der Waals surface area (Å²) < 4.78 is 8.55. The van der Waals surface area contributed by atoms with E-state index in [2.05, 4.69) is 26.8 Å². The van der Waals surface area contributed by atoms with Gasteiger partial charge in [0.05, 0.1) is 25.2 Å². The lowest BCUT2D eigenvalue weighted by atomic mass is 9.98. The number of aromatic nitrogens is 3. The zero-order valence-electron chi connectivity index (χ0n) is 15.4. The van der Waals surface area contributed by atoms with Crippen LogP contribution in [0.25, 0.3) is 0 Å². The zero-order chi connectivity index (χ0) is 17.3. The van der Waals surface area contributed by atoms with E-state index < -0.39 is 0 Å². The number of hydrogen-bond acceptors (Lipinski definition) is 4. The first-order chi connectivity index (χ1) is 12.8. The van der Waals surface area contributed by atoms with Crippen molar-refractivity contribution in [1.29, 1.82) is 0 Å². The number of hydrogen-bond donors (Lipinski definition) is 0. The third-order valence-electron chi connectivity index (χ3n) is 5.87. The molecule has 2 aromatic heterocycles. The molecular formula is C21H28N4O. The summed E-state index contributed by atoms with van der Waals surface area (Å²) in [6.07, 6.45) is 11.3. The van der Waals surface area contributed by atoms with Gasteiger partial charge in [-0.1, -0.05) is 6.07 Å². The predicted molar refractivity (Wildman–Crippen MR) is 99.6 cm³/mol. The van der Waals surface area contributed by atoms with Gasteiger partial charge in [-0.25, -0.2) is 4.98 Å². The van der Waals surface area contributed by atoms with Gasteiger partial charge in [0, 0.05) is 50.2 Å². The summed E-state index contributed by atoms with van der Waals surface area (Å²) in [6, 6.07) is 4.05. The Morgan fingerprint density at radius 2 is 1.96 bits per heavy atom. The Bertz CT molecular complexity index is 736. The van der Waals surface area contributed by atoms with E-state index in [1.165, 1.54) is 43.6 Å². The Hall–Kier alpha value is -1.72. The first-order valence-electron chi connectivity index (χ1n) is 10.1. The lowest BCUT2D eigenvalue weighted by Gasteiger charge is -2.33. The third kappa shape index (κ3) is 3.84. The Labute approximate surface area is 155 Å². The van der Waals surface area contributed by atoms with Gasteiger partial charge in [-0.2, -0.15) is 0 Å². The van der Waals surface area contributed by atoms with Crippen molar-refractivity contribution in [2.75, 3.05) is 19.7 Å². The number of ether oxygens (including phenoxy) is 1. The Morgan fingerprint density at radius 3 is 2.73 bits per heavy atom.